The standard InChI is InChI=1S/C8H8.C5H5N.C4H6/c1-2-8-6-4-3-5-7-8;1-2-4-6-5-3-1;1-3-4-2/h2-7H,1H2;1-5H;3-4H,1-2H2. The van der Waals surface area contributed by atoms with Crippen LogP contribution in [0.1, 0.15) is 5.56 Å². The van der Waals surface area contributed by atoms with Gasteiger partial charge in [0.15, 0.2) is 0 Å². The zero-order chi connectivity index (χ0) is 13.5. The fourth-order valence-electron chi connectivity index (χ4n) is 0.902. The number of pyridine rings is 1. The highest BCUT2D eigenvalue weighted by Crippen LogP contribution is 1.97. The molecule has 0 saturated carbocycles. The van der Waals surface area contributed by atoms with Crippen LogP contribution >= 0.6 is 0 Å². The van der Waals surface area contributed by atoms with Gasteiger partial charge in [0.2, 0.25) is 0 Å². The second kappa shape index (κ2) is 12.7. The topological polar surface area (TPSA) is 12.9 Å². The SMILES string of the molecule is C=CC=C.C=Cc1ccccc1.c1ccncc1. The second-order valence-electron chi connectivity index (χ2n) is 3.11. The van der Waals surface area contributed by atoms with Crippen LogP contribution in [0.4, 0.5) is 0 Å². The molecule has 0 radical (unpaired) electrons. The summed E-state index contributed by atoms with van der Waals surface area (Å²) in [5.74, 6) is 0. The summed E-state index contributed by atoms with van der Waals surface area (Å²) in [6.45, 7) is 10.4. The maximum absolute atomic E-state index is 3.78. The molecule has 0 aliphatic carbocycles. The van der Waals surface area contributed by atoms with E-state index < -0.39 is 0 Å². The van der Waals surface area contributed by atoms with Gasteiger partial charge in [0.1, 0.15) is 0 Å². The zero-order valence-corrected chi connectivity index (χ0v) is 10.6. The van der Waals surface area contributed by atoms with Crippen molar-refractivity contribution in [2.75, 3.05) is 0 Å². The van der Waals surface area contributed by atoms with Crippen LogP contribution in [0.5, 0.6) is 0 Å². The first-order valence-corrected chi connectivity index (χ1v) is 5.61. The minimum absolute atomic E-state index is 1.17. The Labute approximate surface area is 110 Å². The molecule has 0 spiro atoms. The van der Waals surface area contributed by atoms with E-state index in [-0.39, 0.29) is 0 Å². The third-order valence-electron chi connectivity index (χ3n) is 1.77. The van der Waals surface area contributed by atoms with Crippen LogP contribution in [0.3, 0.4) is 0 Å². The second-order valence-corrected chi connectivity index (χ2v) is 3.11. The van der Waals surface area contributed by atoms with E-state index >= 15 is 0 Å². The molecule has 92 valence electrons. The molecule has 18 heavy (non-hydrogen) atoms. The van der Waals surface area contributed by atoms with E-state index in [4.69, 9.17) is 0 Å². The number of allylic oxidation sites excluding steroid dienone is 2. The van der Waals surface area contributed by atoms with Crippen LogP contribution in [0.15, 0.2) is 92.8 Å². The highest BCUT2D eigenvalue weighted by atomic mass is 14.6. The van der Waals surface area contributed by atoms with Crippen molar-refractivity contribution in [1.29, 1.82) is 0 Å². The molecule has 1 aromatic heterocycles. The van der Waals surface area contributed by atoms with Crippen LogP contribution < -0.4 is 0 Å². The van der Waals surface area contributed by atoms with Crippen molar-refractivity contribution in [2.45, 2.75) is 0 Å². The Hall–Kier alpha value is -2.41. The number of rotatable bonds is 2. The third kappa shape index (κ3) is 10.1. The highest BCUT2D eigenvalue weighted by molar-refractivity contribution is 5.45. The number of benzene rings is 1. The first-order valence-electron chi connectivity index (χ1n) is 5.61. The van der Waals surface area contributed by atoms with Gasteiger partial charge in [-0.1, -0.05) is 74.4 Å². The number of aromatic nitrogens is 1. The van der Waals surface area contributed by atoms with Gasteiger partial charge in [-0.2, -0.15) is 0 Å². The van der Waals surface area contributed by atoms with Gasteiger partial charge < -0.3 is 0 Å². The lowest BCUT2D eigenvalue weighted by Gasteiger charge is -1.85. The Bertz CT molecular complexity index is 385. The summed E-state index contributed by atoms with van der Waals surface area (Å²) in [5.41, 5.74) is 1.17. The van der Waals surface area contributed by atoms with E-state index in [0.717, 1.165) is 0 Å². The Balaban J connectivity index is 0.000000257. The fourth-order valence-corrected chi connectivity index (χ4v) is 0.902. The van der Waals surface area contributed by atoms with Crippen molar-refractivity contribution in [1.82, 2.24) is 4.98 Å². The van der Waals surface area contributed by atoms with Gasteiger partial charge in [-0.3, -0.25) is 4.98 Å². The summed E-state index contributed by atoms with van der Waals surface area (Å²) < 4.78 is 0. The Kier molecular flexibility index (Phi) is 11.0. The van der Waals surface area contributed by atoms with Crippen molar-refractivity contribution in [3.05, 3.63) is 98.4 Å². The lowest BCUT2D eigenvalue weighted by Crippen LogP contribution is -1.63. The van der Waals surface area contributed by atoms with E-state index in [2.05, 4.69) is 24.7 Å². The molecule has 0 aliphatic heterocycles. The summed E-state index contributed by atoms with van der Waals surface area (Å²) in [4.78, 5) is 3.78. The number of hydrogen-bond donors (Lipinski definition) is 0. The molecule has 2 rings (SSSR count). The molecule has 0 atom stereocenters. The van der Waals surface area contributed by atoms with E-state index in [1.807, 2.05) is 54.6 Å². The first-order chi connectivity index (χ1) is 8.85. The van der Waals surface area contributed by atoms with Crippen LogP contribution in [0.2, 0.25) is 0 Å². The predicted octanol–water partition coefficient (Wildman–Crippen LogP) is 4.77. The lowest BCUT2D eigenvalue weighted by atomic mass is 10.2. The first kappa shape index (κ1) is 15.6. The summed E-state index contributed by atoms with van der Waals surface area (Å²) in [6.07, 6.45) is 8.61. The normalized spacial score (nSPS) is 7.56. The molecule has 0 fully saturated rings. The third-order valence-corrected chi connectivity index (χ3v) is 1.77. The van der Waals surface area contributed by atoms with Crippen LogP contribution in [0, 0.1) is 0 Å². The molecular weight excluding hydrogens is 218 g/mol. The lowest BCUT2D eigenvalue weighted by molar-refractivity contribution is 1.33. The molecule has 0 bridgehead atoms. The fraction of sp³-hybridized carbons (Fsp3) is 0. The van der Waals surface area contributed by atoms with E-state index in [9.17, 15) is 0 Å². The molecule has 2 aromatic rings. The largest absolute Gasteiger partial charge is 0.265 e. The monoisotopic (exact) mass is 237 g/mol. The number of nitrogens with zero attached hydrogens (tertiary/aromatic N) is 1. The average Bonchev–Trinajstić information content (AvgIpc) is 2.51. The Morgan fingerprint density at radius 1 is 0.722 bits per heavy atom. The molecule has 1 nitrogen and oxygen atoms in total. The van der Waals surface area contributed by atoms with Gasteiger partial charge in [-0.15, -0.1) is 0 Å². The maximum Gasteiger partial charge on any atom is 0.0267 e. The van der Waals surface area contributed by atoms with Crippen molar-refractivity contribution < 1.29 is 0 Å². The van der Waals surface area contributed by atoms with Gasteiger partial charge in [-0.05, 0) is 17.7 Å². The Morgan fingerprint density at radius 2 is 1.22 bits per heavy atom. The molecule has 0 amide bonds. The van der Waals surface area contributed by atoms with Crippen molar-refractivity contribution in [2.24, 2.45) is 0 Å². The summed E-state index contributed by atoms with van der Waals surface area (Å²) in [6, 6.07) is 15.7. The summed E-state index contributed by atoms with van der Waals surface area (Å²) in [5, 5.41) is 0. The van der Waals surface area contributed by atoms with E-state index in [1.165, 1.54) is 5.56 Å². The van der Waals surface area contributed by atoms with Gasteiger partial charge in [0.25, 0.3) is 0 Å². The van der Waals surface area contributed by atoms with Crippen LogP contribution in [0.25, 0.3) is 6.08 Å². The van der Waals surface area contributed by atoms with Crippen molar-refractivity contribution >= 4 is 6.08 Å². The molecule has 0 N–H and O–H groups in total. The van der Waals surface area contributed by atoms with E-state index in [1.54, 1.807) is 24.5 Å². The molecule has 0 aliphatic rings. The van der Waals surface area contributed by atoms with Crippen LogP contribution in [-0.2, 0) is 0 Å². The summed E-state index contributed by atoms with van der Waals surface area (Å²) >= 11 is 0. The van der Waals surface area contributed by atoms with Gasteiger partial charge in [0.05, 0.1) is 0 Å². The van der Waals surface area contributed by atoms with Crippen molar-refractivity contribution in [3.63, 3.8) is 0 Å². The molecule has 1 heteroatoms. The maximum atomic E-state index is 3.78. The molecule has 1 aromatic carbocycles. The van der Waals surface area contributed by atoms with Gasteiger partial charge >= 0.3 is 0 Å². The zero-order valence-electron chi connectivity index (χ0n) is 10.6. The number of hydrogen-bond acceptors (Lipinski definition) is 1. The minimum Gasteiger partial charge on any atom is -0.265 e. The minimum atomic E-state index is 1.17. The van der Waals surface area contributed by atoms with E-state index in [0.29, 0.717) is 0 Å². The smallest absolute Gasteiger partial charge is 0.0267 e. The molecule has 0 unspecified atom stereocenters. The average molecular weight is 237 g/mol. The van der Waals surface area contributed by atoms with Gasteiger partial charge in [-0.25, -0.2) is 0 Å². The van der Waals surface area contributed by atoms with Gasteiger partial charge in [0, 0.05) is 12.4 Å². The quantitative estimate of drug-likeness (QED) is 0.686. The molecular formula is C17H19N. The highest BCUT2D eigenvalue weighted by Gasteiger charge is 1.75. The molecule has 0 saturated heterocycles. The summed E-state index contributed by atoms with van der Waals surface area (Å²) in [7, 11) is 0. The van der Waals surface area contributed by atoms with Crippen LogP contribution in [-0.4, -0.2) is 4.98 Å². The van der Waals surface area contributed by atoms with Crippen molar-refractivity contribution in [3.8, 4) is 0 Å². The Morgan fingerprint density at radius 3 is 1.44 bits per heavy atom. The molecule has 1 heterocycles. The predicted molar refractivity (Wildman–Crippen MR) is 81.2 cm³/mol.